The second-order valence-electron chi connectivity index (χ2n) is 5.81. The molecule has 2 rings (SSSR count). The molecule has 1 aromatic carbocycles. The molecule has 116 valence electrons. The lowest BCUT2D eigenvalue weighted by Crippen LogP contribution is -2.40. The van der Waals surface area contributed by atoms with Gasteiger partial charge >= 0.3 is 0 Å². The number of hydrogen-bond acceptors (Lipinski definition) is 3. The maximum atomic E-state index is 12.5. The molecular weight excluding hydrogens is 332 g/mol. The summed E-state index contributed by atoms with van der Waals surface area (Å²) in [5, 5.41) is 3.12. The minimum atomic E-state index is -0.0801. The van der Waals surface area contributed by atoms with Gasteiger partial charge in [0.15, 0.2) is 0 Å². The van der Waals surface area contributed by atoms with E-state index in [1.165, 1.54) is 0 Å². The fraction of sp³-hybridized carbons (Fsp3) is 0.562. The average Bonchev–Trinajstić information content (AvgIpc) is 2.85. The van der Waals surface area contributed by atoms with Gasteiger partial charge in [0.25, 0.3) is 5.91 Å². The summed E-state index contributed by atoms with van der Waals surface area (Å²) in [4.78, 5) is 12.5. The van der Waals surface area contributed by atoms with Crippen molar-refractivity contribution < 1.29 is 9.53 Å². The van der Waals surface area contributed by atoms with Crippen LogP contribution in [0.2, 0.25) is 0 Å². The van der Waals surface area contributed by atoms with E-state index >= 15 is 0 Å². The Morgan fingerprint density at radius 2 is 2.24 bits per heavy atom. The molecule has 0 bridgehead atoms. The second kappa shape index (κ2) is 7.27. The van der Waals surface area contributed by atoms with Crippen LogP contribution in [0, 0.1) is 5.92 Å². The fourth-order valence-corrected chi connectivity index (χ4v) is 3.13. The first-order valence-corrected chi connectivity index (χ1v) is 8.27. The zero-order valence-corrected chi connectivity index (χ0v) is 14.2. The second-order valence-corrected chi connectivity index (χ2v) is 6.73. The van der Waals surface area contributed by atoms with Gasteiger partial charge in [-0.25, -0.2) is 0 Å². The number of ether oxygens (including phenoxy) is 1. The van der Waals surface area contributed by atoms with Crippen molar-refractivity contribution in [3.05, 3.63) is 28.2 Å². The topological polar surface area (TPSA) is 64.3 Å². The third-order valence-corrected chi connectivity index (χ3v) is 4.32. The molecule has 21 heavy (non-hydrogen) atoms. The van der Waals surface area contributed by atoms with Crippen molar-refractivity contribution in [2.24, 2.45) is 11.7 Å². The van der Waals surface area contributed by atoms with Crippen LogP contribution in [0.25, 0.3) is 0 Å². The van der Waals surface area contributed by atoms with Crippen LogP contribution in [0.4, 0.5) is 0 Å². The van der Waals surface area contributed by atoms with E-state index in [4.69, 9.17) is 10.5 Å². The Labute approximate surface area is 134 Å². The van der Waals surface area contributed by atoms with Crippen LogP contribution in [0.5, 0.6) is 5.75 Å². The molecule has 0 radical (unpaired) electrons. The van der Waals surface area contributed by atoms with Gasteiger partial charge in [-0.05, 0) is 57.4 Å². The minimum absolute atomic E-state index is 0.0223. The van der Waals surface area contributed by atoms with Crippen molar-refractivity contribution in [1.82, 2.24) is 5.32 Å². The molecule has 1 aliphatic carbocycles. The van der Waals surface area contributed by atoms with Gasteiger partial charge in [0, 0.05) is 10.5 Å². The number of carbonyl (C=O) groups is 1. The van der Waals surface area contributed by atoms with Gasteiger partial charge in [0.05, 0.1) is 11.7 Å². The van der Waals surface area contributed by atoms with Gasteiger partial charge in [0.2, 0.25) is 0 Å². The van der Waals surface area contributed by atoms with E-state index in [1.54, 1.807) is 6.07 Å². The number of amides is 1. The van der Waals surface area contributed by atoms with Gasteiger partial charge in [-0.3, -0.25) is 4.79 Å². The van der Waals surface area contributed by atoms with Gasteiger partial charge in [-0.2, -0.15) is 0 Å². The van der Waals surface area contributed by atoms with E-state index in [2.05, 4.69) is 21.2 Å². The predicted molar refractivity (Wildman–Crippen MR) is 87.6 cm³/mol. The van der Waals surface area contributed by atoms with Crippen molar-refractivity contribution in [3.63, 3.8) is 0 Å². The molecule has 4 nitrogen and oxygen atoms in total. The van der Waals surface area contributed by atoms with Crippen molar-refractivity contribution in [2.75, 3.05) is 6.54 Å². The number of halogens is 1. The first-order chi connectivity index (χ1) is 10.0. The van der Waals surface area contributed by atoms with E-state index in [0.29, 0.717) is 23.8 Å². The Morgan fingerprint density at radius 1 is 1.48 bits per heavy atom. The highest BCUT2D eigenvalue weighted by Crippen LogP contribution is 2.28. The first-order valence-electron chi connectivity index (χ1n) is 7.48. The SMILES string of the molecule is CC(C)Oc1cc(Br)ccc1C(=O)NC1CCCC1CN. The van der Waals surface area contributed by atoms with Crippen molar-refractivity contribution in [1.29, 1.82) is 0 Å². The van der Waals surface area contributed by atoms with E-state index < -0.39 is 0 Å². The summed E-state index contributed by atoms with van der Waals surface area (Å²) in [6, 6.07) is 5.67. The summed E-state index contributed by atoms with van der Waals surface area (Å²) in [7, 11) is 0. The quantitative estimate of drug-likeness (QED) is 0.853. The molecule has 0 spiro atoms. The summed E-state index contributed by atoms with van der Waals surface area (Å²) in [6.45, 7) is 4.52. The summed E-state index contributed by atoms with van der Waals surface area (Å²) in [6.07, 6.45) is 3.25. The normalized spacial score (nSPS) is 21.6. The van der Waals surface area contributed by atoms with Crippen LogP contribution in [0.15, 0.2) is 22.7 Å². The van der Waals surface area contributed by atoms with Crippen molar-refractivity contribution >= 4 is 21.8 Å². The van der Waals surface area contributed by atoms with Crippen LogP contribution in [0.3, 0.4) is 0 Å². The largest absolute Gasteiger partial charge is 0.490 e. The minimum Gasteiger partial charge on any atom is -0.490 e. The smallest absolute Gasteiger partial charge is 0.255 e. The molecule has 1 fully saturated rings. The third kappa shape index (κ3) is 4.20. The van der Waals surface area contributed by atoms with E-state index in [-0.39, 0.29) is 18.1 Å². The number of carbonyl (C=O) groups excluding carboxylic acids is 1. The maximum absolute atomic E-state index is 12.5. The lowest BCUT2D eigenvalue weighted by atomic mass is 10.0. The lowest BCUT2D eigenvalue weighted by molar-refractivity contribution is 0.0923. The standard InChI is InChI=1S/C16H23BrN2O2/c1-10(2)21-15-8-12(17)6-7-13(15)16(20)19-14-5-3-4-11(14)9-18/h6-8,10-11,14H,3-5,9,18H2,1-2H3,(H,19,20). The highest BCUT2D eigenvalue weighted by Gasteiger charge is 2.28. The van der Waals surface area contributed by atoms with E-state index in [0.717, 1.165) is 23.7 Å². The molecule has 0 saturated heterocycles. The monoisotopic (exact) mass is 354 g/mol. The summed E-state index contributed by atoms with van der Waals surface area (Å²) < 4.78 is 6.65. The molecular formula is C16H23BrN2O2. The van der Waals surface area contributed by atoms with Gasteiger partial charge < -0.3 is 15.8 Å². The molecule has 2 unspecified atom stereocenters. The number of nitrogens with two attached hydrogens (primary N) is 1. The van der Waals surface area contributed by atoms with Crippen molar-refractivity contribution in [3.8, 4) is 5.75 Å². The van der Waals surface area contributed by atoms with Crippen LogP contribution < -0.4 is 15.8 Å². The van der Waals surface area contributed by atoms with Crippen LogP contribution in [0.1, 0.15) is 43.5 Å². The Hall–Kier alpha value is -1.07. The Balaban J connectivity index is 2.14. The predicted octanol–water partition coefficient (Wildman–Crippen LogP) is 3.09. The molecule has 0 aliphatic heterocycles. The Morgan fingerprint density at radius 3 is 2.90 bits per heavy atom. The van der Waals surface area contributed by atoms with Gasteiger partial charge in [-0.15, -0.1) is 0 Å². The molecule has 3 N–H and O–H groups in total. The maximum Gasteiger partial charge on any atom is 0.255 e. The van der Waals surface area contributed by atoms with Crippen LogP contribution >= 0.6 is 15.9 Å². The zero-order chi connectivity index (χ0) is 15.4. The Kier molecular flexibility index (Phi) is 5.65. The van der Waals surface area contributed by atoms with Gasteiger partial charge in [-0.1, -0.05) is 22.4 Å². The molecule has 1 amide bonds. The van der Waals surface area contributed by atoms with Crippen molar-refractivity contribution in [2.45, 2.75) is 45.3 Å². The highest BCUT2D eigenvalue weighted by atomic mass is 79.9. The third-order valence-electron chi connectivity index (χ3n) is 3.83. The molecule has 5 heteroatoms. The molecule has 1 aliphatic rings. The van der Waals surface area contributed by atoms with Gasteiger partial charge in [0.1, 0.15) is 5.75 Å². The fourth-order valence-electron chi connectivity index (χ4n) is 2.79. The number of nitrogens with one attached hydrogen (secondary N) is 1. The summed E-state index contributed by atoms with van der Waals surface area (Å²) in [5.41, 5.74) is 6.35. The molecule has 0 aromatic heterocycles. The molecule has 1 saturated carbocycles. The van der Waals surface area contributed by atoms with E-state index in [1.807, 2.05) is 26.0 Å². The first kappa shape index (κ1) is 16.3. The molecule has 0 heterocycles. The number of rotatable bonds is 5. The summed E-state index contributed by atoms with van der Waals surface area (Å²) >= 11 is 3.42. The average molecular weight is 355 g/mol. The summed E-state index contributed by atoms with van der Waals surface area (Å²) in [5.74, 6) is 0.918. The molecule has 1 aromatic rings. The highest BCUT2D eigenvalue weighted by molar-refractivity contribution is 9.10. The van der Waals surface area contributed by atoms with Crippen LogP contribution in [-0.2, 0) is 0 Å². The molecule has 2 atom stereocenters. The van der Waals surface area contributed by atoms with E-state index in [9.17, 15) is 4.79 Å². The van der Waals surface area contributed by atoms with Crippen LogP contribution in [-0.4, -0.2) is 24.6 Å². The number of hydrogen-bond donors (Lipinski definition) is 2. The number of benzene rings is 1. The Bertz CT molecular complexity index is 505. The lowest BCUT2D eigenvalue weighted by Gasteiger charge is -2.21. The zero-order valence-electron chi connectivity index (χ0n) is 12.6.